The minimum atomic E-state index is -0.902. The number of carbonyl (C=O) groups is 1. The minimum Gasteiger partial charge on any atom is -0.469 e. The third-order valence-corrected chi connectivity index (χ3v) is 4.92. The van der Waals surface area contributed by atoms with Crippen LogP contribution in [0.4, 0.5) is 10.1 Å². The predicted octanol–water partition coefficient (Wildman–Crippen LogP) is 4.07. The summed E-state index contributed by atoms with van der Waals surface area (Å²) in [7, 11) is 1.37. The Balaban J connectivity index is 1.72. The smallest absolute Gasteiger partial charge is 0.307 e. The first-order valence-electron chi connectivity index (χ1n) is 8.68. The molecule has 1 fully saturated rings. The van der Waals surface area contributed by atoms with Crippen LogP contribution in [0.15, 0.2) is 48.5 Å². The number of benzene rings is 2. The number of anilines is 1. The number of rotatable bonds is 5. The molecule has 25 heavy (non-hydrogen) atoms. The van der Waals surface area contributed by atoms with Crippen molar-refractivity contribution in [2.24, 2.45) is 0 Å². The van der Waals surface area contributed by atoms with Gasteiger partial charge in [-0.1, -0.05) is 36.4 Å². The molecule has 2 unspecified atom stereocenters. The highest BCUT2D eigenvalue weighted by Gasteiger charge is 2.33. The number of methoxy groups -OCH3 is 1. The third-order valence-electron chi connectivity index (χ3n) is 4.92. The molecular weight excluding hydrogens is 317 g/mol. The van der Waals surface area contributed by atoms with Crippen molar-refractivity contribution in [2.45, 2.75) is 38.4 Å². The molecule has 1 saturated heterocycles. The lowest BCUT2D eigenvalue weighted by Gasteiger charge is -2.26. The Bertz CT molecular complexity index is 729. The number of halogens is 1. The third kappa shape index (κ3) is 4.19. The monoisotopic (exact) mass is 341 g/mol. The van der Waals surface area contributed by atoms with E-state index >= 15 is 0 Å². The highest BCUT2D eigenvalue weighted by atomic mass is 19.1. The van der Waals surface area contributed by atoms with Crippen molar-refractivity contribution in [3.05, 3.63) is 65.2 Å². The fourth-order valence-corrected chi connectivity index (χ4v) is 3.48. The fourth-order valence-electron chi connectivity index (χ4n) is 3.48. The molecule has 132 valence electrons. The van der Waals surface area contributed by atoms with E-state index in [1.807, 2.05) is 23.1 Å². The van der Waals surface area contributed by atoms with E-state index in [1.165, 1.54) is 23.8 Å². The normalized spacial score (nSPS) is 19.9. The number of ether oxygens (including phenoxy) is 1. The van der Waals surface area contributed by atoms with Gasteiger partial charge >= 0.3 is 5.97 Å². The fraction of sp³-hybridized carbons (Fsp3) is 0.381. The van der Waals surface area contributed by atoms with Crippen molar-refractivity contribution in [1.29, 1.82) is 0 Å². The van der Waals surface area contributed by atoms with Gasteiger partial charge in [-0.25, -0.2) is 4.39 Å². The molecular formula is C21H24FNO2. The number of alkyl halides is 1. The summed E-state index contributed by atoms with van der Waals surface area (Å²) in [5.41, 5.74) is 4.77. The zero-order chi connectivity index (χ0) is 17.8. The zero-order valence-corrected chi connectivity index (χ0v) is 14.7. The topological polar surface area (TPSA) is 29.5 Å². The SMILES string of the molecule is COC(=O)CC1CC(F)CN1c1ccc(Cc2ccccc2C)cc1. The number of aryl methyl sites for hydroxylation is 1. The van der Waals surface area contributed by atoms with E-state index in [2.05, 4.69) is 37.3 Å². The highest BCUT2D eigenvalue weighted by Crippen LogP contribution is 2.30. The summed E-state index contributed by atoms with van der Waals surface area (Å²) in [5, 5.41) is 0. The molecule has 0 aliphatic carbocycles. The van der Waals surface area contributed by atoms with Crippen LogP contribution in [0.1, 0.15) is 29.5 Å². The Kier molecular flexibility index (Phi) is 5.37. The Hall–Kier alpha value is -2.36. The second kappa shape index (κ2) is 7.68. The van der Waals surface area contributed by atoms with Crippen molar-refractivity contribution in [1.82, 2.24) is 0 Å². The van der Waals surface area contributed by atoms with Gasteiger partial charge in [-0.15, -0.1) is 0 Å². The lowest BCUT2D eigenvalue weighted by atomic mass is 10.0. The molecule has 0 radical (unpaired) electrons. The van der Waals surface area contributed by atoms with E-state index in [1.54, 1.807) is 0 Å². The zero-order valence-electron chi connectivity index (χ0n) is 14.7. The van der Waals surface area contributed by atoms with Crippen molar-refractivity contribution in [3.8, 4) is 0 Å². The molecule has 3 rings (SSSR count). The molecule has 1 heterocycles. The molecule has 0 bridgehead atoms. The molecule has 4 heteroatoms. The Morgan fingerprint density at radius 1 is 1.20 bits per heavy atom. The van der Waals surface area contributed by atoms with Crippen molar-refractivity contribution in [2.75, 3.05) is 18.6 Å². The van der Waals surface area contributed by atoms with Crippen LogP contribution in [0.5, 0.6) is 0 Å². The van der Waals surface area contributed by atoms with Crippen LogP contribution in [0.2, 0.25) is 0 Å². The van der Waals surface area contributed by atoms with Gasteiger partial charge in [0.15, 0.2) is 0 Å². The number of carbonyl (C=O) groups excluding carboxylic acids is 1. The maximum Gasteiger partial charge on any atom is 0.307 e. The van der Waals surface area contributed by atoms with Crippen LogP contribution in [-0.2, 0) is 16.0 Å². The molecule has 2 atom stereocenters. The van der Waals surface area contributed by atoms with E-state index in [9.17, 15) is 9.18 Å². The first-order chi connectivity index (χ1) is 12.1. The molecule has 0 N–H and O–H groups in total. The van der Waals surface area contributed by atoms with E-state index in [0.717, 1.165) is 12.1 Å². The average molecular weight is 341 g/mol. The van der Waals surface area contributed by atoms with E-state index in [-0.39, 0.29) is 18.4 Å². The minimum absolute atomic E-state index is 0.135. The number of hydrogen-bond donors (Lipinski definition) is 0. The quantitative estimate of drug-likeness (QED) is 0.768. The van der Waals surface area contributed by atoms with Gasteiger partial charge in [0.2, 0.25) is 0 Å². The first-order valence-corrected chi connectivity index (χ1v) is 8.68. The molecule has 0 aromatic heterocycles. The molecule has 0 amide bonds. The van der Waals surface area contributed by atoms with Gasteiger partial charge < -0.3 is 9.64 Å². The van der Waals surface area contributed by atoms with Gasteiger partial charge in [0.1, 0.15) is 6.17 Å². The van der Waals surface area contributed by atoms with Gasteiger partial charge in [0, 0.05) is 24.7 Å². The lowest BCUT2D eigenvalue weighted by molar-refractivity contribution is -0.140. The van der Waals surface area contributed by atoms with Gasteiger partial charge in [-0.2, -0.15) is 0 Å². The summed E-state index contributed by atoms with van der Waals surface area (Å²) in [5.74, 6) is -0.291. The molecule has 3 nitrogen and oxygen atoms in total. The Morgan fingerprint density at radius 3 is 2.60 bits per heavy atom. The lowest BCUT2D eigenvalue weighted by Crippen LogP contribution is -2.31. The second-order valence-corrected chi connectivity index (χ2v) is 6.69. The van der Waals surface area contributed by atoms with Crippen LogP contribution in [-0.4, -0.2) is 31.8 Å². The van der Waals surface area contributed by atoms with Gasteiger partial charge in [-0.05, 0) is 42.2 Å². The summed E-state index contributed by atoms with van der Waals surface area (Å²) in [6.07, 6.45) is 0.577. The molecule has 1 aliphatic heterocycles. The molecule has 0 saturated carbocycles. The average Bonchev–Trinajstić information content (AvgIpc) is 2.97. The van der Waals surface area contributed by atoms with Crippen molar-refractivity contribution in [3.63, 3.8) is 0 Å². The summed E-state index contributed by atoms with van der Waals surface area (Å²) in [6, 6.07) is 16.4. The van der Waals surface area contributed by atoms with Gasteiger partial charge in [-0.3, -0.25) is 4.79 Å². The van der Waals surface area contributed by atoms with Crippen molar-refractivity contribution < 1.29 is 13.9 Å². The summed E-state index contributed by atoms with van der Waals surface area (Å²) >= 11 is 0. The van der Waals surface area contributed by atoms with Crippen LogP contribution < -0.4 is 4.90 Å². The first kappa shape index (κ1) is 17.5. The van der Waals surface area contributed by atoms with E-state index < -0.39 is 6.17 Å². The molecule has 0 spiro atoms. The maximum atomic E-state index is 13.9. The van der Waals surface area contributed by atoms with Crippen LogP contribution in [0.25, 0.3) is 0 Å². The summed E-state index contributed by atoms with van der Waals surface area (Å²) in [6.45, 7) is 2.45. The summed E-state index contributed by atoms with van der Waals surface area (Å²) < 4.78 is 18.6. The standard InChI is InChI=1S/C21H24FNO2/c1-15-5-3-4-6-17(15)11-16-7-9-19(10-8-16)23-14-18(22)12-20(23)13-21(24)25-2/h3-10,18,20H,11-14H2,1-2H3. The second-order valence-electron chi connectivity index (χ2n) is 6.69. The van der Waals surface area contributed by atoms with Gasteiger partial charge in [0.25, 0.3) is 0 Å². The molecule has 1 aliphatic rings. The van der Waals surface area contributed by atoms with E-state index in [0.29, 0.717) is 13.0 Å². The Morgan fingerprint density at radius 2 is 1.92 bits per heavy atom. The maximum absolute atomic E-state index is 13.9. The largest absolute Gasteiger partial charge is 0.469 e. The molecule has 2 aromatic rings. The number of esters is 1. The summed E-state index contributed by atoms with van der Waals surface area (Å²) in [4.78, 5) is 13.6. The van der Waals surface area contributed by atoms with Crippen LogP contribution in [0, 0.1) is 6.92 Å². The number of hydrogen-bond acceptors (Lipinski definition) is 3. The van der Waals surface area contributed by atoms with Crippen molar-refractivity contribution >= 4 is 11.7 Å². The number of nitrogens with zero attached hydrogens (tertiary/aromatic N) is 1. The van der Waals surface area contributed by atoms with Gasteiger partial charge in [0.05, 0.1) is 13.5 Å². The molecule has 2 aromatic carbocycles. The predicted molar refractivity (Wildman–Crippen MR) is 97.7 cm³/mol. The van der Waals surface area contributed by atoms with Crippen LogP contribution in [0.3, 0.4) is 0 Å². The highest BCUT2D eigenvalue weighted by molar-refractivity contribution is 5.71. The Labute approximate surface area is 148 Å². The van der Waals surface area contributed by atoms with E-state index in [4.69, 9.17) is 4.74 Å². The van der Waals surface area contributed by atoms with Crippen LogP contribution >= 0.6 is 0 Å².